The van der Waals surface area contributed by atoms with E-state index in [1.165, 1.54) is 6.33 Å². The molecule has 0 aliphatic carbocycles. The summed E-state index contributed by atoms with van der Waals surface area (Å²) in [5.41, 5.74) is 2.14. The van der Waals surface area contributed by atoms with Crippen LogP contribution in [0.1, 0.15) is 16.1 Å². The molecular formula is C18H12BrN5O. The van der Waals surface area contributed by atoms with Gasteiger partial charge in [0.1, 0.15) is 17.8 Å². The Morgan fingerprint density at radius 3 is 2.60 bits per heavy atom. The second-order valence-electron chi connectivity index (χ2n) is 5.07. The molecule has 6 nitrogen and oxygen atoms in total. The molecule has 1 amide bonds. The fourth-order valence-electron chi connectivity index (χ4n) is 2.09. The van der Waals surface area contributed by atoms with Crippen LogP contribution in [-0.4, -0.2) is 15.9 Å². The Balaban J connectivity index is 1.75. The van der Waals surface area contributed by atoms with Gasteiger partial charge < -0.3 is 10.6 Å². The first-order chi connectivity index (χ1) is 12.1. The predicted molar refractivity (Wildman–Crippen MR) is 98.6 cm³/mol. The molecule has 1 aromatic heterocycles. The second kappa shape index (κ2) is 7.55. The summed E-state index contributed by atoms with van der Waals surface area (Å²) in [6.07, 6.45) is 1.31. The molecule has 0 aliphatic heterocycles. The van der Waals surface area contributed by atoms with Gasteiger partial charge in [-0.3, -0.25) is 4.79 Å². The van der Waals surface area contributed by atoms with Crippen molar-refractivity contribution in [3.8, 4) is 6.07 Å². The molecule has 0 atom stereocenters. The Bertz CT molecular complexity index is 950. The van der Waals surface area contributed by atoms with Crippen LogP contribution in [0.5, 0.6) is 0 Å². The molecule has 0 bridgehead atoms. The molecule has 0 unspecified atom stereocenters. The quantitative estimate of drug-likeness (QED) is 0.695. The Morgan fingerprint density at radius 1 is 1.04 bits per heavy atom. The lowest BCUT2D eigenvalue weighted by atomic mass is 10.2. The van der Waals surface area contributed by atoms with E-state index < -0.39 is 0 Å². The summed E-state index contributed by atoms with van der Waals surface area (Å²) in [4.78, 5) is 20.4. The zero-order chi connectivity index (χ0) is 17.6. The predicted octanol–water partition coefficient (Wildman–Crippen LogP) is 4.11. The molecule has 0 saturated carbocycles. The van der Waals surface area contributed by atoms with Gasteiger partial charge in [0.15, 0.2) is 0 Å². The van der Waals surface area contributed by atoms with E-state index in [9.17, 15) is 4.79 Å². The number of carbonyl (C=O) groups is 1. The van der Waals surface area contributed by atoms with Crippen LogP contribution < -0.4 is 10.6 Å². The molecule has 0 aliphatic rings. The van der Waals surface area contributed by atoms with E-state index in [0.717, 1.165) is 4.47 Å². The Labute approximate surface area is 152 Å². The minimum atomic E-state index is -0.335. The first-order valence-electron chi connectivity index (χ1n) is 7.30. The first-order valence-corrected chi connectivity index (χ1v) is 8.09. The van der Waals surface area contributed by atoms with E-state index in [-0.39, 0.29) is 11.6 Å². The van der Waals surface area contributed by atoms with Crippen molar-refractivity contribution in [3.05, 3.63) is 76.7 Å². The van der Waals surface area contributed by atoms with Crippen molar-refractivity contribution in [3.63, 3.8) is 0 Å². The van der Waals surface area contributed by atoms with Crippen molar-refractivity contribution in [2.24, 2.45) is 0 Å². The van der Waals surface area contributed by atoms with Gasteiger partial charge in [-0.2, -0.15) is 5.26 Å². The van der Waals surface area contributed by atoms with Gasteiger partial charge in [0, 0.05) is 21.9 Å². The highest BCUT2D eigenvalue weighted by Crippen LogP contribution is 2.17. The monoisotopic (exact) mass is 393 g/mol. The fourth-order valence-corrected chi connectivity index (χ4v) is 2.36. The van der Waals surface area contributed by atoms with Gasteiger partial charge in [-0.25, -0.2) is 9.97 Å². The fraction of sp³-hybridized carbons (Fsp3) is 0. The summed E-state index contributed by atoms with van der Waals surface area (Å²) in [5.74, 6) is 0.129. The first kappa shape index (κ1) is 16.6. The number of nitrogens with one attached hydrogen (secondary N) is 2. The number of rotatable bonds is 4. The molecule has 0 saturated heterocycles. The van der Waals surface area contributed by atoms with Crippen LogP contribution in [0.25, 0.3) is 0 Å². The lowest BCUT2D eigenvalue weighted by molar-refractivity contribution is 0.102. The van der Waals surface area contributed by atoms with Crippen LogP contribution >= 0.6 is 15.9 Å². The zero-order valence-electron chi connectivity index (χ0n) is 12.9. The smallest absolute Gasteiger partial charge is 0.274 e. The van der Waals surface area contributed by atoms with Gasteiger partial charge in [0.25, 0.3) is 5.91 Å². The van der Waals surface area contributed by atoms with Gasteiger partial charge in [-0.15, -0.1) is 0 Å². The maximum atomic E-state index is 12.3. The third kappa shape index (κ3) is 4.40. The molecule has 3 rings (SSSR count). The van der Waals surface area contributed by atoms with Crippen LogP contribution in [0.2, 0.25) is 0 Å². The number of benzene rings is 2. The van der Waals surface area contributed by atoms with E-state index in [1.54, 1.807) is 36.4 Å². The molecule has 25 heavy (non-hydrogen) atoms. The third-order valence-electron chi connectivity index (χ3n) is 3.27. The average molecular weight is 394 g/mol. The number of hydrogen-bond acceptors (Lipinski definition) is 5. The molecule has 0 radical (unpaired) electrons. The van der Waals surface area contributed by atoms with Crippen LogP contribution in [0.3, 0.4) is 0 Å². The number of carbonyl (C=O) groups excluding carboxylic acids is 1. The van der Waals surface area contributed by atoms with Crippen molar-refractivity contribution in [2.75, 3.05) is 10.6 Å². The zero-order valence-corrected chi connectivity index (χ0v) is 14.5. The third-order valence-corrected chi connectivity index (χ3v) is 3.79. The summed E-state index contributed by atoms with van der Waals surface area (Å²) in [7, 11) is 0. The summed E-state index contributed by atoms with van der Waals surface area (Å²) in [5, 5.41) is 14.8. The molecule has 7 heteroatoms. The van der Waals surface area contributed by atoms with Crippen LogP contribution in [-0.2, 0) is 0 Å². The highest BCUT2D eigenvalue weighted by Gasteiger charge is 2.09. The van der Waals surface area contributed by atoms with E-state index >= 15 is 0 Å². The average Bonchev–Trinajstić information content (AvgIpc) is 2.64. The maximum Gasteiger partial charge on any atom is 0.274 e. The number of nitrogens with zero attached hydrogens (tertiary/aromatic N) is 3. The molecule has 1 heterocycles. The summed E-state index contributed by atoms with van der Waals surface area (Å²) in [6.45, 7) is 0. The molecule has 2 aromatic carbocycles. The van der Waals surface area contributed by atoms with Gasteiger partial charge in [0.2, 0.25) is 0 Å². The highest BCUT2D eigenvalue weighted by molar-refractivity contribution is 9.10. The number of nitriles is 1. The molecule has 2 N–H and O–H groups in total. The summed E-state index contributed by atoms with van der Waals surface area (Å²) < 4.78 is 0.929. The van der Waals surface area contributed by atoms with Crippen molar-refractivity contribution >= 4 is 39.0 Å². The molecular weight excluding hydrogens is 382 g/mol. The maximum absolute atomic E-state index is 12.3. The molecule has 0 spiro atoms. The largest absolute Gasteiger partial charge is 0.340 e. The lowest BCUT2D eigenvalue weighted by Gasteiger charge is -2.08. The minimum absolute atomic E-state index is 0.233. The molecule has 0 fully saturated rings. The molecule has 3 aromatic rings. The van der Waals surface area contributed by atoms with Crippen LogP contribution in [0, 0.1) is 11.3 Å². The van der Waals surface area contributed by atoms with Crippen molar-refractivity contribution in [1.29, 1.82) is 5.26 Å². The normalized spacial score (nSPS) is 9.92. The number of anilines is 3. The van der Waals surface area contributed by atoms with E-state index in [1.807, 2.05) is 18.2 Å². The van der Waals surface area contributed by atoms with Crippen LogP contribution in [0.15, 0.2) is 65.4 Å². The number of amides is 1. The number of halogens is 1. The Hall–Kier alpha value is -3.24. The number of hydrogen-bond donors (Lipinski definition) is 2. The SMILES string of the molecule is N#Cc1cccc(Nc2cc(C(=O)Nc3ccc(Br)cc3)ncn2)c1. The molecule has 122 valence electrons. The van der Waals surface area contributed by atoms with Crippen molar-refractivity contribution in [2.45, 2.75) is 0 Å². The van der Waals surface area contributed by atoms with Gasteiger partial charge in [-0.05, 0) is 42.5 Å². The van der Waals surface area contributed by atoms with Gasteiger partial charge >= 0.3 is 0 Å². The van der Waals surface area contributed by atoms with Gasteiger partial charge in [-0.1, -0.05) is 22.0 Å². The Kier molecular flexibility index (Phi) is 5.02. The lowest BCUT2D eigenvalue weighted by Crippen LogP contribution is -2.14. The Morgan fingerprint density at radius 2 is 1.84 bits per heavy atom. The van der Waals surface area contributed by atoms with Crippen LogP contribution in [0.4, 0.5) is 17.2 Å². The highest BCUT2D eigenvalue weighted by atomic mass is 79.9. The van der Waals surface area contributed by atoms with Crippen molar-refractivity contribution in [1.82, 2.24) is 9.97 Å². The van der Waals surface area contributed by atoms with E-state index in [4.69, 9.17) is 5.26 Å². The second-order valence-corrected chi connectivity index (χ2v) is 5.98. The van der Waals surface area contributed by atoms with E-state index in [0.29, 0.717) is 22.8 Å². The van der Waals surface area contributed by atoms with Gasteiger partial charge in [0.05, 0.1) is 11.6 Å². The number of aromatic nitrogens is 2. The minimum Gasteiger partial charge on any atom is -0.340 e. The topological polar surface area (TPSA) is 90.7 Å². The van der Waals surface area contributed by atoms with Crippen molar-refractivity contribution < 1.29 is 4.79 Å². The van der Waals surface area contributed by atoms with E-state index in [2.05, 4.69) is 42.6 Å². The summed E-state index contributed by atoms with van der Waals surface area (Å²) in [6, 6.07) is 17.9. The summed E-state index contributed by atoms with van der Waals surface area (Å²) >= 11 is 3.35. The standard InChI is InChI=1S/C18H12BrN5O/c19-13-4-6-14(7-5-13)24-18(25)16-9-17(22-11-21-16)23-15-3-1-2-12(8-15)10-20/h1-9,11H,(H,24,25)(H,21,22,23).